The Morgan fingerprint density at radius 3 is 2.78 bits per heavy atom. The van der Waals surface area contributed by atoms with Gasteiger partial charge in [-0.15, -0.1) is 6.58 Å². The molecule has 18 heavy (non-hydrogen) atoms. The van der Waals surface area contributed by atoms with E-state index in [0.717, 1.165) is 42.1 Å². The SMILES string of the molecule is C=CC[C@@H](c1ccc(Cl)c(Br)c1)N1CCNCC1. The van der Waals surface area contributed by atoms with Gasteiger partial charge >= 0.3 is 0 Å². The lowest BCUT2D eigenvalue weighted by Gasteiger charge is -2.35. The zero-order valence-electron chi connectivity index (χ0n) is 10.3. The summed E-state index contributed by atoms with van der Waals surface area (Å²) in [5.74, 6) is 0. The normalized spacial score (nSPS) is 18.6. The molecule has 1 aromatic carbocycles. The van der Waals surface area contributed by atoms with Gasteiger partial charge in [0.2, 0.25) is 0 Å². The Morgan fingerprint density at radius 1 is 1.44 bits per heavy atom. The fourth-order valence-electron chi connectivity index (χ4n) is 2.37. The molecule has 1 heterocycles. The van der Waals surface area contributed by atoms with Crippen LogP contribution in [-0.2, 0) is 0 Å². The molecule has 0 amide bonds. The number of hydrogen-bond donors (Lipinski definition) is 1. The highest BCUT2D eigenvalue weighted by Crippen LogP contribution is 2.30. The van der Waals surface area contributed by atoms with Gasteiger partial charge in [0.05, 0.1) is 5.02 Å². The topological polar surface area (TPSA) is 15.3 Å². The first-order chi connectivity index (χ1) is 8.72. The molecule has 0 spiro atoms. The monoisotopic (exact) mass is 328 g/mol. The first-order valence-electron chi connectivity index (χ1n) is 6.23. The summed E-state index contributed by atoms with van der Waals surface area (Å²) in [5.41, 5.74) is 1.30. The lowest BCUT2D eigenvalue weighted by molar-refractivity contribution is 0.174. The molecule has 1 fully saturated rings. The fourth-order valence-corrected chi connectivity index (χ4v) is 2.88. The molecule has 0 aliphatic carbocycles. The summed E-state index contributed by atoms with van der Waals surface area (Å²) in [6.45, 7) is 8.16. The van der Waals surface area contributed by atoms with Crippen LogP contribution in [0.1, 0.15) is 18.0 Å². The molecule has 0 aromatic heterocycles. The molecular formula is C14H18BrClN2. The Labute approximate surface area is 122 Å². The second-order valence-corrected chi connectivity index (χ2v) is 5.76. The van der Waals surface area contributed by atoms with Crippen LogP contribution in [0.5, 0.6) is 0 Å². The van der Waals surface area contributed by atoms with Crippen molar-refractivity contribution < 1.29 is 0 Å². The third-order valence-corrected chi connectivity index (χ3v) is 4.52. The van der Waals surface area contributed by atoms with Gasteiger partial charge in [-0.2, -0.15) is 0 Å². The molecule has 0 unspecified atom stereocenters. The summed E-state index contributed by atoms with van der Waals surface area (Å²) >= 11 is 9.56. The molecule has 2 nitrogen and oxygen atoms in total. The van der Waals surface area contributed by atoms with E-state index in [2.05, 4.69) is 44.9 Å². The van der Waals surface area contributed by atoms with Gasteiger partial charge in [-0.05, 0) is 40.0 Å². The predicted octanol–water partition coefficient (Wildman–Crippen LogP) is 3.62. The Morgan fingerprint density at radius 2 is 2.17 bits per heavy atom. The summed E-state index contributed by atoms with van der Waals surface area (Å²) < 4.78 is 0.964. The Balaban J connectivity index is 2.22. The van der Waals surface area contributed by atoms with Gasteiger partial charge in [0, 0.05) is 36.7 Å². The van der Waals surface area contributed by atoms with Gasteiger partial charge in [-0.1, -0.05) is 23.7 Å². The molecule has 0 radical (unpaired) electrons. The van der Waals surface area contributed by atoms with E-state index in [4.69, 9.17) is 11.6 Å². The van der Waals surface area contributed by atoms with Crippen molar-refractivity contribution in [1.82, 2.24) is 10.2 Å². The molecule has 0 bridgehead atoms. The van der Waals surface area contributed by atoms with E-state index in [0.29, 0.717) is 6.04 Å². The molecule has 1 atom stereocenters. The lowest BCUT2D eigenvalue weighted by atomic mass is 10.0. The summed E-state index contributed by atoms with van der Waals surface area (Å²) in [5, 5.41) is 4.15. The first-order valence-corrected chi connectivity index (χ1v) is 7.40. The minimum absolute atomic E-state index is 0.401. The van der Waals surface area contributed by atoms with Crippen molar-refractivity contribution in [3.05, 3.63) is 45.9 Å². The third-order valence-electron chi connectivity index (χ3n) is 3.31. The van der Waals surface area contributed by atoms with Crippen molar-refractivity contribution in [1.29, 1.82) is 0 Å². The van der Waals surface area contributed by atoms with Crippen LogP contribution in [0.25, 0.3) is 0 Å². The van der Waals surface area contributed by atoms with Crippen molar-refractivity contribution in [3.63, 3.8) is 0 Å². The van der Waals surface area contributed by atoms with E-state index >= 15 is 0 Å². The van der Waals surface area contributed by atoms with Gasteiger partial charge in [0.25, 0.3) is 0 Å². The zero-order chi connectivity index (χ0) is 13.0. The van der Waals surface area contributed by atoms with E-state index in [1.54, 1.807) is 0 Å². The van der Waals surface area contributed by atoms with Crippen molar-refractivity contribution in [2.75, 3.05) is 26.2 Å². The van der Waals surface area contributed by atoms with Gasteiger partial charge in [-0.3, -0.25) is 4.90 Å². The van der Waals surface area contributed by atoms with E-state index in [-0.39, 0.29) is 0 Å². The van der Waals surface area contributed by atoms with E-state index < -0.39 is 0 Å². The minimum atomic E-state index is 0.401. The maximum atomic E-state index is 6.06. The van der Waals surface area contributed by atoms with E-state index in [1.807, 2.05) is 12.1 Å². The van der Waals surface area contributed by atoms with Crippen molar-refractivity contribution in [2.24, 2.45) is 0 Å². The highest BCUT2D eigenvalue weighted by Gasteiger charge is 2.21. The van der Waals surface area contributed by atoms with Crippen LogP contribution in [0.15, 0.2) is 35.3 Å². The van der Waals surface area contributed by atoms with Crippen LogP contribution in [0.2, 0.25) is 5.02 Å². The average Bonchev–Trinajstić information content (AvgIpc) is 2.40. The lowest BCUT2D eigenvalue weighted by Crippen LogP contribution is -2.45. The van der Waals surface area contributed by atoms with Crippen LogP contribution in [0.3, 0.4) is 0 Å². The summed E-state index contributed by atoms with van der Waals surface area (Å²) in [7, 11) is 0. The van der Waals surface area contributed by atoms with Gasteiger partial charge in [0.15, 0.2) is 0 Å². The standard InChI is InChI=1S/C14H18BrClN2/c1-2-3-14(18-8-6-17-7-9-18)11-4-5-13(16)12(15)10-11/h2,4-5,10,14,17H,1,3,6-9H2/t14-/m0/s1. The number of nitrogens with one attached hydrogen (secondary N) is 1. The van der Waals surface area contributed by atoms with Crippen molar-refractivity contribution >= 4 is 27.5 Å². The maximum absolute atomic E-state index is 6.06. The molecule has 1 N–H and O–H groups in total. The van der Waals surface area contributed by atoms with Crippen LogP contribution >= 0.6 is 27.5 Å². The van der Waals surface area contributed by atoms with Crippen LogP contribution in [0, 0.1) is 0 Å². The minimum Gasteiger partial charge on any atom is -0.314 e. The number of rotatable bonds is 4. The molecule has 1 aliphatic heterocycles. The zero-order valence-corrected chi connectivity index (χ0v) is 12.7. The smallest absolute Gasteiger partial charge is 0.0548 e. The summed E-state index contributed by atoms with van der Waals surface area (Å²) in [6, 6.07) is 6.60. The second-order valence-electron chi connectivity index (χ2n) is 4.50. The molecule has 1 aliphatic rings. The van der Waals surface area contributed by atoms with Crippen molar-refractivity contribution in [3.8, 4) is 0 Å². The molecule has 4 heteroatoms. The number of benzene rings is 1. The number of nitrogens with zero attached hydrogens (tertiary/aromatic N) is 1. The average molecular weight is 330 g/mol. The summed E-state index contributed by atoms with van der Waals surface area (Å²) in [6.07, 6.45) is 2.96. The fraction of sp³-hybridized carbons (Fsp3) is 0.429. The van der Waals surface area contributed by atoms with Gasteiger partial charge in [0.1, 0.15) is 0 Å². The van der Waals surface area contributed by atoms with Crippen LogP contribution in [0.4, 0.5) is 0 Å². The number of hydrogen-bond acceptors (Lipinski definition) is 2. The molecule has 1 saturated heterocycles. The predicted molar refractivity (Wildman–Crippen MR) is 81.1 cm³/mol. The summed E-state index contributed by atoms with van der Waals surface area (Å²) in [4.78, 5) is 2.51. The molecular weight excluding hydrogens is 312 g/mol. The number of halogens is 2. The molecule has 2 rings (SSSR count). The van der Waals surface area contributed by atoms with Gasteiger partial charge < -0.3 is 5.32 Å². The molecule has 98 valence electrons. The Bertz CT molecular complexity index is 416. The number of piperazine rings is 1. The van der Waals surface area contributed by atoms with Crippen LogP contribution in [-0.4, -0.2) is 31.1 Å². The third kappa shape index (κ3) is 3.35. The van der Waals surface area contributed by atoms with E-state index in [9.17, 15) is 0 Å². The highest BCUT2D eigenvalue weighted by atomic mass is 79.9. The van der Waals surface area contributed by atoms with Crippen molar-refractivity contribution in [2.45, 2.75) is 12.5 Å². The van der Waals surface area contributed by atoms with Crippen LogP contribution < -0.4 is 5.32 Å². The highest BCUT2D eigenvalue weighted by molar-refractivity contribution is 9.10. The van der Waals surface area contributed by atoms with E-state index in [1.165, 1.54) is 5.56 Å². The first kappa shape index (κ1) is 14.1. The largest absolute Gasteiger partial charge is 0.314 e. The molecule has 0 saturated carbocycles. The Kier molecular flexibility index (Phi) is 5.25. The van der Waals surface area contributed by atoms with Gasteiger partial charge in [-0.25, -0.2) is 0 Å². The second kappa shape index (κ2) is 6.71. The molecule has 1 aromatic rings. The quantitative estimate of drug-likeness (QED) is 0.849. The maximum Gasteiger partial charge on any atom is 0.0548 e. The Hall–Kier alpha value is -0.350.